The largest absolute Gasteiger partial charge is 0.462 e. The number of ether oxygens (including phenoxy) is 1. The minimum absolute atomic E-state index is 0.000192. The van der Waals surface area contributed by atoms with Gasteiger partial charge >= 0.3 is 6.01 Å². The molecule has 2 aromatic heterocycles. The number of terminal acetylenes is 1. The maximum absolute atomic E-state index is 16.8. The van der Waals surface area contributed by atoms with Gasteiger partial charge in [-0.1, -0.05) is 36.8 Å². The number of benzene rings is 2. The molecule has 0 saturated carbocycles. The molecular formula is C36H38F2N6O3. The molecule has 3 atom stereocenters. The van der Waals surface area contributed by atoms with Gasteiger partial charge in [-0.3, -0.25) is 9.78 Å². The predicted octanol–water partition coefficient (Wildman–Crippen LogP) is 4.94. The number of aliphatic hydroxyl groups is 1. The Kier molecular flexibility index (Phi) is 8.83. The maximum atomic E-state index is 16.8. The fourth-order valence-electron chi connectivity index (χ4n) is 6.89. The van der Waals surface area contributed by atoms with E-state index in [2.05, 4.69) is 27.4 Å². The van der Waals surface area contributed by atoms with Crippen LogP contribution in [-0.4, -0.2) is 93.8 Å². The average Bonchev–Trinajstić information content (AvgIpc) is 3.40. The van der Waals surface area contributed by atoms with Gasteiger partial charge in [0.25, 0.3) is 0 Å². The van der Waals surface area contributed by atoms with Gasteiger partial charge in [0.15, 0.2) is 5.82 Å². The summed E-state index contributed by atoms with van der Waals surface area (Å²) in [5, 5.41) is 12.8. The molecule has 0 spiro atoms. The third-order valence-corrected chi connectivity index (χ3v) is 9.63. The lowest BCUT2D eigenvalue weighted by molar-refractivity contribution is -0.132. The lowest BCUT2D eigenvalue weighted by atomic mass is 9.91. The monoisotopic (exact) mass is 640 g/mol. The number of carbonyl (C=O) groups excluding carboxylic acids is 1. The highest BCUT2D eigenvalue weighted by Gasteiger charge is 2.40. The van der Waals surface area contributed by atoms with E-state index in [0.29, 0.717) is 53.5 Å². The van der Waals surface area contributed by atoms with Gasteiger partial charge in [-0.05, 0) is 63.7 Å². The SMILES string of the molecule is C#Cc1c(F)ccc2cccc(-c3ncc4c(N5CCCC(C)(O)C(N(C)C(=O)C=C)C5)nc(OC[C@@H]5CCCN5C)nc4c3F)c12. The van der Waals surface area contributed by atoms with Crippen molar-refractivity contribution in [1.82, 2.24) is 24.8 Å². The molecule has 4 heterocycles. The molecule has 6 rings (SSSR count). The molecule has 2 aromatic carbocycles. The number of likely N-dealkylation sites (tertiary alicyclic amines) is 1. The van der Waals surface area contributed by atoms with Crippen LogP contribution in [0.4, 0.5) is 14.6 Å². The Morgan fingerprint density at radius 2 is 2.06 bits per heavy atom. The van der Waals surface area contributed by atoms with Crippen LogP contribution in [0, 0.1) is 24.0 Å². The Labute approximate surface area is 272 Å². The zero-order valence-corrected chi connectivity index (χ0v) is 26.8. The number of hydrogen-bond acceptors (Lipinski definition) is 8. The van der Waals surface area contributed by atoms with Crippen molar-refractivity contribution in [2.24, 2.45) is 0 Å². The summed E-state index contributed by atoms with van der Waals surface area (Å²) >= 11 is 0. The summed E-state index contributed by atoms with van der Waals surface area (Å²) in [4.78, 5) is 32.1. The van der Waals surface area contributed by atoms with Gasteiger partial charge in [0.05, 0.1) is 22.6 Å². The summed E-state index contributed by atoms with van der Waals surface area (Å²) in [6.45, 7) is 7.27. The van der Waals surface area contributed by atoms with Crippen molar-refractivity contribution in [3.63, 3.8) is 0 Å². The van der Waals surface area contributed by atoms with Crippen LogP contribution in [0.5, 0.6) is 6.01 Å². The van der Waals surface area contributed by atoms with Gasteiger partial charge < -0.3 is 24.5 Å². The number of pyridine rings is 1. The van der Waals surface area contributed by atoms with E-state index in [1.807, 2.05) is 11.9 Å². The Bertz CT molecular complexity index is 1910. The van der Waals surface area contributed by atoms with E-state index >= 15 is 4.39 Å². The number of amides is 1. The van der Waals surface area contributed by atoms with Crippen LogP contribution in [0.15, 0.2) is 49.2 Å². The Morgan fingerprint density at radius 3 is 2.79 bits per heavy atom. The molecule has 0 bridgehead atoms. The van der Waals surface area contributed by atoms with Crippen LogP contribution in [-0.2, 0) is 4.79 Å². The fraction of sp³-hybridized carbons (Fsp3) is 0.389. The Morgan fingerprint density at radius 1 is 1.26 bits per heavy atom. The normalized spacial score (nSPS) is 21.9. The summed E-state index contributed by atoms with van der Waals surface area (Å²) in [7, 11) is 3.66. The molecular weight excluding hydrogens is 602 g/mol. The summed E-state index contributed by atoms with van der Waals surface area (Å²) in [6.07, 6.45) is 11.4. The average molecular weight is 641 g/mol. The first-order valence-corrected chi connectivity index (χ1v) is 15.8. The minimum atomic E-state index is -1.20. The molecule has 11 heteroatoms. The molecule has 1 N–H and O–H groups in total. The standard InChI is InChI=1S/C36H38F2N6O3/c1-6-24-27(37)15-14-22-11-8-13-25(30(22)24)32-31(38)33-26(19-39-32)34(41-35(40-33)47-21-23-12-9-17-42(23)4)44-18-10-16-36(3,46)28(20-44)43(5)29(45)7-2/h1,7-8,11,13-15,19,23,28,46H,2,9-10,12,16-18,20-21H2,3-5H3/t23-,28?,36?/m0/s1. The van der Waals surface area contributed by atoms with Crippen LogP contribution in [0.3, 0.4) is 0 Å². The molecule has 2 aliphatic rings. The van der Waals surface area contributed by atoms with E-state index in [1.54, 1.807) is 38.2 Å². The zero-order chi connectivity index (χ0) is 33.5. The van der Waals surface area contributed by atoms with Gasteiger partial charge in [-0.25, -0.2) is 8.78 Å². The van der Waals surface area contributed by atoms with Crippen LogP contribution < -0.4 is 9.64 Å². The highest BCUT2D eigenvalue weighted by atomic mass is 19.1. The molecule has 0 aliphatic carbocycles. The maximum Gasteiger partial charge on any atom is 0.319 e. The predicted molar refractivity (Wildman–Crippen MR) is 178 cm³/mol. The number of aromatic nitrogens is 3. The third-order valence-electron chi connectivity index (χ3n) is 9.63. The molecule has 9 nitrogen and oxygen atoms in total. The summed E-state index contributed by atoms with van der Waals surface area (Å²) in [6, 6.07) is 7.61. The number of anilines is 1. The number of likely N-dealkylation sites (N-methyl/N-ethyl adjacent to an activating group) is 2. The highest BCUT2D eigenvalue weighted by molar-refractivity contribution is 6.02. The van der Waals surface area contributed by atoms with E-state index in [4.69, 9.17) is 16.1 Å². The van der Waals surface area contributed by atoms with Gasteiger partial charge in [-0.2, -0.15) is 9.97 Å². The highest BCUT2D eigenvalue weighted by Crippen LogP contribution is 2.38. The minimum Gasteiger partial charge on any atom is -0.462 e. The van der Waals surface area contributed by atoms with Gasteiger partial charge in [0, 0.05) is 43.3 Å². The first kappa shape index (κ1) is 32.3. The molecule has 2 unspecified atom stereocenters. The van der Waals surface area contributed by atoms with Crippen molar-refractivity contribution in [2.75, 3.05) is 45.2 Å². The summed E-state index contributed by atoms with van der Waals surface area (Å²) in [5.74, 6) is 1.14. The number of halogens is 2. The lowest BCUT2D eigenvalue weighted by Gasteiger charge is -2.39. The number of fused-ring (bicyclic) bond motifs is 2. The summed E-state index contributed by atoms with van der Waals surface area (Å²) in [5.41, 5.74) is -0.905. The van der Waals surface area contributed by atoms with Crippen molar-refractivity contribution in [1.29, 1.82) is 0 Å². The van der Waals surface area contributed by atoms with Crippen LogP contribution in [0.25, 0.3) is 32.9 Å². The molecule has 2 aliphatic heterocycles. The third kappa shape index (κ3) is 5.99. The molecule has 1 amide bonds. The molecule has 4 aromatic rings. The van der Waals surface area contributed by atoms with Crippen LogP contribution in [0.2, 0.25) is 0 Å². The molecule has 2 fully saturated rings. The molecule has 244 valence electrons. The first-order valence-electron chi connectivity index (χ1n) is 15.8. The molecule has 47 heavy (non-hydrogen) atoms. The number of carbonyl (C=O) groups is 1. The second-order valence-electron chi connectivity index (χ2n) is 12.6. The van der Waals surface area contributed by atoms with Crippen molar-refractivity contribution in [2.45, 2.75) is 50.3 Å². The smallest absolute Gasteiger partial charge is 0.319 e. The van der Waals surface area contributed by atoms with E-state index in [-0.39, 0.29) is 41.3 Å². The van der Waals surface area contributed by atoms with Gasteiger partial charge in [-0.15, -0.1) is 6.42 Å². The fourth-order valence-corrected chi connectivity index (χ4v) is 6.89. The first-order chi connectivity index (χ1) is 22.5. The zero-order valence-electron chi connectivity index (χ0n) is 26.8. The Hall–Kier alpha value is -4.66. The van der Waals surface area contributed by atoms with Gasteiger partial charge in [0.1, 0.15) is 29.5 Å². The van der Waals surface area contributed by atoms with E-state index < -0.39 is 23.3 Å². The number of rotatable bonds is 7. The van der Waals surface area contributed by atoms with E-state index in [1.165, 1.54) is 23.2 Å². The quantitative estimate of drug-likeness (QED) is 0.224. The van der Waals surface area contributed by atoms with E-state index in [9.17, 15) is 14.3 Å². The number of hydrogen-bond donors (Lipinski definition) is 1. The lowest BCUT2D eigenvalue weighted by Crippen LogP contribution is -2.55. The van der Waals surface area contributed by atoms with Crippen molar-refractivity contribution >= 4 is 33.4 Å². The van der Waals surface area contributed by atoms with Crippen molar-refractivity contribution in [3.05, 3.63) is 66.4 Å². The number of nitrogens with zero attached hydrogens (tertiary/aromatic N) is 6. The van der Waals surface area contributed by atoms with E-state index in [0.717, 1.165) is 19.4 Å². The van der Waals surface area contributed by atoms with Crippen molar-refractivity contribution < 1.29 is 23.4 Å². The second kappa shape index (κ2) is 12.9. The van der Waals surface area contributed by atoms with Crippen LogP contribution in [0.1, 0.15) is 38.2 Å². The van der Waals surface area contributed by atoms with Gasteiger partial charge in [0.2, 0.25) is 5.91 Å². The molecule has 2 saturated heterocycles. The Balaban J connectivity index is 1.51. The molecule has 0 radical (unpaired) electrons. The second-order valence-corrected chi connectivity index (χ2v) is 12.6. The van der Waals surface area contributed by atoms with Crippen LogP contribution >= 0.6 is 0 Å². The van der Waals surface area contributed by atoms with Crippen molar-refractivity contribution in [3.8, 4) is 29.6 Å². The topological polar surface area (TPSA) is 94.9 Å². The summed E-state index contributed by atoms with van der Waals surface area (Å²) < 4.78 is 37.8.